The number of amides is 4. The summed E-state index contributed by atoms with van der Waals surface area (Å²) < 4.78 is 0. The maximum atomic E-state index is 12.2. The van der Waals surface area contributed by atoms with Crippen molar-refractivity contribution in [2.24, 2.45) is 0 Å². The first kappa shape index (κ1) is 23.6. The van der Waals surface area contributed by atoms with E-state index in [0.29, 0.717) is 23.7 Å². The summed E-state index contributed by atoms with van der Waals surface area (Å²) in [7, 11) is 0. The van der Waals surface area contributed by atoms with Gasteiger partial charge in [-0.3, -0.25) is 19.2 Å². The van der Waals surface area contributed by atoms with Gasteiger partial charge in [-0.15, -0.1) is 0 Å². The predicted molar refractivity (Wildman–Crippen MR) is 122 cm³/mol. The van der Waals surface area contributed by atoms with Gasteiger partial charge >= 0.3 is 0 Å². The van der Waals surface area contributed by atoms with Gasteiger partial charge in [0.2, 0.25) is 17.7 Å². The number of halogens is 2. The van der Waals surface area contributed by atoms with Gasteiger partial charge < -0.3 is 20.9 Å². The summed E-state index contributed by atoms with van der Waals surface area (Å²) in [6, 6.07) is 11.6. The minimum atomic E-state index is -0.528. The first-order valence-corrected chi connectivity index (χ1v) is 10.7. The zero-order chi connectivity index (χ0) is 23.1. The number of benzene rings is 2. The van der Waals surface area contributed by atoms with Gasteiger partial charge in [0.05, 0.1) is 23.7 Å². The molecule has 8 nitrogen and oxygen atoms in total. The lowest BCUT2D eigenvalue weighted by Gasteiger charge is -2.16. The van der Waals surface area contributed by atoms with Crippen LogP contribution < -0.4 is 16.0 Å². The zero-order valence-corrected chi connectivity index (χ0v) is 18.6. The highest BCUT2D eigenvalue weighted by atomic mass is 35.5. The van der Waals surface area contributed by atoms with Gasteiger partial charge in [-0.1, -0.05) is 35.3 Å². The third-order valence-corrected chi connectivity index (χ3v) is 5.33. The normalized spacial score (nSPS) is 13.1. The van der Waals surface area contributed by atoms with Crippen LogP contribution in [-0.2, 0) is 20.9 Å². The Labute approximate surface area is 195 Å². The third-order valence-electron chi connectivity index (χ3n) is 4.79. The number of anilines is 1. The lowest BCUT2D eigenvalue weighted by molar-refractivity contribution is -0.128. The number of hydrogen-bond acceptors (Lipinski definition) is 4. The number of nitrogens with one attached hydrogen (secondary N) is 3. The van der Waals surface area contributed by atoms with Crippen molar-refractivity contribution in [3.63, 3.8) is 0 Å². The van der Waals surface area contributed by atoms with Crippen molar-refractivity contribution < 1.29 is 19.2 Å². The second-order valence-electron chi connectivity index (χ2n) is 7.25. The molecule has 32 heavy (non-hydrogen) atoms. The van der Waals surface area contributed by atoms with E-state index in [1.807, 2.05) is 6.07 Å². The summed E-state index contributed by atoms with van der Waals surface area (Å²) in [6.45, 7) is 0.661. The quantitative estimate of drug-likeness (QED) is 0.543. The lowest BCUT2D eigenvalue weighted by atomic mass is 10.2. The molecule has 3 N–H and O–H groups in total. The average molecular weight is 477 g/mol. The summed E-state index contributed by atoms with van der Waals surface area (Å²) in [4.78, 5) is 49.8. The molecule has 1 aliphatic heterocycles. The van der Waals surface area contributed by atoms with Gasteiger partial charge in [0.15, 0.2) is 0 Å². The van der Waals surface area contributed by atoms with E-state index in [4.69, 9.17) is 23.2 Å². The van der Waals surface area contributed by atoms with Gasteiger partial charge in [-0.05, 0) is 42.3 Å². The van der Waals surface area contributed by atoms with Crippen LogP contribution in [0.3, 0.4) is 0 Å². The maximum Gasteiger partial charge on any atom is 0.253 e. The Morgan fingerprint density at radius 1 is 0.969 bits per heavy atom. The molecule has 1 heterocycles. The fraction of sp³-hybridized carbons (Fsp3) is 0.273. The van der Waals surface area contributed by atoms with Gasteiger partial charge in [-0.25, -0.2) is 0 Å². The molecule has 0 bridgehead atoms. The molecule has 0 spiro atoms. The van der Waals surface area contributed by atoms with E-state index in [9.17, 15) is 19.2 Å². The molecule has 0 radical (unpaired) electrons. The maximum absolute atomic E-state index is 12.2. The second-order valence-corrected chi connectivity index (χ2v) is 8.09. The SMILES string of the molecule is O=C(CNC(=O)c1ccc(Cl)cc1Cl)NCC(=O)Nc1cccc(CN2CCCC2=O)c1. The van der Waals surface area contributed by atoms with Gasteiger partial charge in [0.1, 0.15) is 0 Å². The third kappa shape index (κ3) is 6.70. The largest absolute Gasteiger partial charge is 0.345 e. The van der Waals surface area contributed by atoms with Gasteiger partial charge in [0, 0.05) is 30.2 Å². The van der Waals surface area contributed by atoms with Crippen LogP contribution in [-0.4, -0.2) is 48.2 Å². The molecule has 4 amide bonds. The Morgan fingerprint density at radius 3 is 2.47 bits per heavy atom. The standard InChI is InChI=1S/C22H22Cl2N4O4/c23-15-6-7-17(18(24)10-15)22(32)26-11-19(29)25-12-20(30)27-16-4-1-3-14(9-16)13-28-8-2-5-21(28)31/h1,3-4,6-7,9-10H,2,5,8,11-13H2,(H,25,29)(H,26,32)(H,27,30). The molecule has 1 fully saturated rings. The fourth-order valence-electron chi connectivity index (χ4n) is 3.21. The highest BCUT2D eigenvalue weighted by Crippen LogP contribution is 2.20. The molecule has 0 aromatic heterocycles. The van der Waals surface area contributed by atoms with Crippen molar-refractivity contribution in [1.82, 2.24) is 15.5 Å². The van der Waals surface area contributed by atoms with Crippen molar-refractivity contribution in [3.8, 4) is 0 Å². The number of rotatable bonds is 8. The molecule has 2 aromatic carbocycles. The van der Waals surface area contributed by atoms with Crippen molar-refractivity contribution in [1.29, 1.82) is 0 Å². The summed E-state index contributed by atoms with van der Waals surface area (Å²) in [6.07, 6.45) is 1.44. The van der Waals surface area contributed by atoms with E-state index < -0.39 is 17.7 Å². The van der Waals surface area contributed by atoms with Crippen LogP contribution in [0.5, 0.6) is 0 Å². The molecule has 0 aliphatic carbocycles. The van der Waals surface area contributed by atoms with E-state index in [1.165, 1.54) is 18.2 Å². The predicted octanol–water partition coefficient (Wildman–Crippen LogP) is 2.60. The van der Waals surface area contributed by atoms with E-state index in [-0.39, 0.29) is 29.6 Å². The molecule has 0 atom stereocenters. The van der Waals surface area contributed by atoms with Crippen molar-refractivity contribution in [3.05, 3.63) is 63.6 Å². The van der Waals surface area contributed by atoms with Crippen molar-refractivity contribution in [2.45, 2.75) is 19.4 Å². The topological polar surface area (TPSA) is 108 Å². The number of hydrogen-bond donors (Lipinski definition) is 3. The van der Waals surface area contributed by atoms with Crippen LogP contribution in [0.15, 0.2) is 42.5 Å². The van der Waals surface area contributed by atoms with Crippen LogP contribution in [0.2, 0.25) is 10.0 Å². The molecule has 1 saturated heterocycles. The highest BCUT2D eigenvalue weighted by Gasteiger charge is 2.20. The lowest BCUT2D eigenvalue weighted by Crippen LogP contribution is -2.40. The fourth-order valence-corrected chi connectivity index (χ4v) is 3.71. The zero-order valence-electron chi connectivity index (χ0n) is 17.1. The van der Waals surface area contributed by atoms with E-state index in [1.54, 1.807) is 23.1 Å². The van der Waals surface area contributed by atoms with Crippen LogP contribution in [0, 0.1) is 0 Å². The van der Waals surface area contributed by atoms with Gasteiger partial charge in [0.25, 0.3) is 5.91 Å². The Bertz CT molecular complexity index is 1040. The average Bonchev–Trinajstić information content (AvgIpc) is 3.15. The number of carbonyl (C=O) groups excluding carboxylic acids is 4. The summed E-state index contributed by atoms with van der Waals surface area (Å²) in [5.41, 5.74) is 1.67. The smallest absolute Gasteiger partial charge is 0.253 e. The minimum Gasteiger partial charge on any atom is -0.345 e. The van der Waals surface area contributed by atoms with Crippen LogP contribution >= 0.6 is 23.2 Å². The molecule has 168 valence electrons. The van der Waals surface area contributed by atoms with Crippen molar-refractivity contribution in [2.75, 3.05) is 25.0 Å². The summed E-state index contributed by atoms with van der Waals surface area (Å²) >= 11 is 11.8. The van der Waals surface area contributed by atoms with E-state index in [0.717, 1.165) is 18.5 Å². The Kier molecular flexibility index (Phi) is 8.08. The first-order valence-electron chi connectivity index (χ1n) is 9.98. The van der Waals surface area contributed by atoms with Gasteiger partial charge in [-0.2, -0.15) is 0 Å². The number of likely N-dealkylation sites (tertiary alicyclic amines) is 1. The van der Waals surface area contributed by atoms with E-state index in [2.05, 4.69) is 16.0 Å². The molecule has 3 rings (SSSR count). The molecule has 10 heteroatoms. The number of carbonyl (C=O) groups is 4. The molecule has 2 aromatic rings. The van der Waals surface area contributed by atoms with E-state index >= 15 is 0 Å². The van der Waals surface area contributed by atoms with Crippen LogP contribution in [0.1, 0.15) is 28.8 Å². The van der Waals surface area contributed by atoms with Crippen molar-refractivity contribution >= 4 is 52.5 Å². The minimum absolute atomic E-state index is 0.132. The number of nitrogens with zero attached hydrogens (tertiary/aromatic N) is 1. The Hall–Kier alpha value is -3.10. The molecular weight excluding hydrogens is 455 g/mol. The Balaban J connectivity index is 1.42. The van der Waals surface area contributed by atoms with Crippen LogP contribution in [0.4, 0.5) is 5.69 Å². The highest BCUT2D eigenvalue weighted by molar-refractivity contribution is 6.36. The molecular formula is C22H22Cl2N4O4. The second kappa shape index (κ2) is 11.0. The summed E-state index contributed by atoms with van der Waals surface area (Å²) in [5, 5.41) is 8.14. The molecule has 1 aliphatic rings. The Morgan fingerprint density at radius 2 is 1.75 bits per heavy atom. The summed E-state index contributed by atoms with van der Waals surface area (Å²) in [5.74, 6) is -1.34. The molecule has 0 saturated carbocycles. The monoisotopic (exact) mass is 476 g/mol. The van der Waals surface area contributed by atoms with Crippen LogP contribution in [0.25, 0.3) is 0 Å². The first-order chi connectivity index (χ1) is 15.3. The molecule has 0 unspecified atom stereocenters.